The molecule has 50 heavy (non-hydrogen) atoms. The fourth-order valence-electron chi connectivity index (χ4n) is 5.57. The van der Waals surface area contributed by atoms with Crippen LogP contribution < -0.4 is 4.74 Å². The molecule has 0 amide bonds. The lowest BCUT2D eigenvalue weighted by molar-refractivity contribution is -0.138. The molecule has 1 N–H and O–H groups in total. The third-order valence-electron chi connectivity index (χ3n) is 8.26. The van der Waals surface area contributed by atoms with E-state index in [1.807, 2.05) is 60.7 Å². The Hall–Kier alpha value is -5.05. The summed E-state index contributed by atoms with van der Waals surface area (Å²) in [4.78, 5) is 16.6. The minimum atomic E-state index is -4.83. The van der Waals surface area contributed by atoms with Gasteiger partial charge in [-0.15, -0.1) is 0 Å². The molecule has 0 radical (unpaired) electrons. The number of hydrogen-bond donors (Lipinski definition) is 1. The molecule has 5 nitrogen and oxygen atoms in total. The van der Waals surface area contributed by atoms with Gasteiger partial charge in [0.2, 0.25) is 0 Å². The molecule has 0 aliphatic carbocycles. The molecule has 0 bridgehead atoms. The topological polar surface area (TPSA) is 64.4 Å². The summed E-state index contributed by atoms with van der Waals surface area (Å²) in [6.07, 6.45) is -2.93. The molecule has 0 saturated carbocycles. The minimum Gasteiger partial charge on any atom is -0.478 e. The van der Waals surface area contributed by atoms with Crippen LogP contribution in [0.15, 0.2) is 115 Å². The molecule has 1 aromatic heterocycles. The molecule has 0 saturated heterocycles. The van der Waals surface area contributed by atoms with Crippen molar-refractivity contribution in [3.63, 3.8) is 0 Å². The molecule has 5 aromatic carbocycles. The molecular formula is C40H31Cl2F3N2O3. The second-order valence-corrected chi connectivity index (χ2v) is 13.7. The van der Waals surface area contributed by atoms with E-state index in [0.717, 1.165) is 34.6 Å². The fraction of sp³-hybridized carbons (Fsp3) is 0.150. The van der Waals surface area contributed by atoms with Gasteiger partial charge in [-0.1, -0.05) is 92.5 Å². The maximum Gasteiger partial charge on any atom is 0.417 e. The molecule has 6 rings (SSSR count). The number of ether oxygens (including phenoxy) is 1. The maximum absolute atomic E-state index is 13.6. The van der Waals surface area contributed by atoms with Gasteiger partial charge in [-0.2, -0.15) is 13.2 Å². The van der Waals surface area contributed by atoms with Crippen LogP contribution in [-0.2, 0) is 18.0 Å². The minimum absolute atomic E-state index is 0.0588. The molecule has 0 unspecified atom stereocenters. The van der Waals surface area contributed by atoms with Gasteiger partial charge < -0.3 is 14.4 Å². The third-order valence-corrected chi connectivity index (χ3v) is 8.81. The van der Waals surface area contributed by atoms with E-state index in [2.05, 4.69) is 32.9 Å². The maximum atomic E-state index is 13.6. The predicted molar refractivity (Wildman–Crippen MR) is 191 cm³/mol. The molecular weight excluding hydrogens is 684 g/mol. The van der Waals surface area contributed by atoms with Crippen LogP contribution in [0.25, 0.3) is 28.1 Å². The highest BCUT2D eigenvalue weighted by Crippen LogP contribution is 2.36. The Bertz CT molecular complexity index is 2170. The van der Waals surface area contributed by atoms with E-state index >= 15 is 0 Å². The highest BCUT2D eigenvalue weighted by Gasteiger charge is 2.35. The monoisotopic (exact) mass is 714 g/mol. The normalized spacial score (nSPS) is 11.8. The van der Waals surface area contributed by atoms with Crippen LogP contribution in [0.5, 0.6) is 11.5 Å². The molecule has 0 spiro atoms. The van der Waals surface area contributed by atoms with Crippen molar-refractivity contribution in [3.8, 4) is 39.6 Å². The molecule has 254 valence electrons. The summed E-state index contributed by atoms with van der Waals surface area (Å²) in [5.41, 5.74) is 3.24. The number of alkyl halides is 3. The van der Waals surface area contributed by atoms with Gasteiger partial charge in [-0.3, -0.25) is 0 Å². The van der Waals surface area contributed by atoms with Gasteiger partial charge in [-0.25, -0.2) is 9.78 Å². The molecule has 0 atom stereocenters. The van der Waals surface area contributed by atoms with Crippen LogP contribution in [-0.4, -0.2) is 20.6 Å². The van der Waals surface area contributed by atoms with Crippen LogP contribution in [0.1, 0.15) is 53.6 Å². The zero-order chi connectivity index (χ0) is 35.8. The Morgan fingerprint density at radius 2 is 1.40 bits per heavy atom. The van der Waals surface area contributed by atoms with Gasteiger partial charge in [0.05, 0.1) is 21.8 Å². The summed E-state index contributed by atoms with van der Waals surface area (Å²) in [6, 6.07) is 31.6. The smallest absolute Gasteiger partial charge is 0.417 e. The zero-order valence-electron chi connectivity index (χ0n) is 27.2. The van der Waals surface area contributed by atoms with Gasteiger partial charge in [0, 0.05) is 28.9 Å². The number of nitrogens with zero attached hydrogens (tertiary/aromatic N) is 2. The summed E-state index contributed by atoms with van der Waals surface area (Å²) in [5.74, 6) is 0.246. The molecule has 6 aromatic rings. The molecule has 0 fully saturated rings. The summed E-state index contributed by atoms with van der Waals surface area (Å²) in [7, 11) is 0. The summed E-state index contributed by atoms with van der Waals surface area (Å²) in [6.45, 7) is 6.50. The quantitative estimate of drug-likeness (QED) is 0.170. The fourth-order valence-corrected chi connectivity index (χ4v) is 6.08. The van der Waals surface area contributed by atoms with Gasteiger partial charge in [0.15, 0.2) is 0 Å². The number of carboxylic acids is 1. The zero-order valence-corrected chi connectivity index (χ0v) is 28.7. The first-order valence-electron chi connectivity index (χ1n) is 15.6. The third kappa shape index (κ3) is 7.72. The van der Waals surface area contributed by atoms with Crippen LogP contribution in [0.2, 0.25) is 10.0 Å². The second kappa shape index (κ2) is 13.7. The first kappa shape index (κ1) is 34.8. The second-order valence-electron chi connectivity index (χ2n) is 12.8. The number of hydrogen-bond acceptors (Lipinski definition) is 3. The number of rotatable bonds is 8. The first-order chi connectivity index (χ1) is 23.7. The van der Waals surface area contributed by atoms with Gasteiger partial charge >= 0.3 is 12.1 Å². The average molecular weight is 716 g/mol. The van der Waals surface area contributed by atoms with Crippen molar-refractivity contribution in [2.24, 2.45) is 0 Å². The number of halogens is 5. The number of aromatic nitrogens is 2. The van der Waals surface area contributed by atoms with Crippen LogP contribution in [0.3, 0.4) is 0 Å². The van der Waals surface area contributed by atoms with Gasteiger partial charge in [-0.05, 0) is 88.3 Å². The van der Waals surface area contributed by atoms with E-state index in [0.29, 0.717) is 32.9 Å². The Morgan fingerprint density at radius 1 is 0.800 bits per heavy atom. The lowest BCUT2D eigenvalue weighted by Gasteiger charge is -2.19. The van der Waals surface area contributed by atoms with E-state index in [-0.39, 0.29) is 17.5 Å². The van der Waals surface area contributed by atoms with Crippen molar-refractivity contribution in [2.45, 2.75) is 38.8 Å². The summed E-state index contributed by atoms with van der Waals surface area (Å²) < 4.78 is 48.4. The number of benzene rings is 5. The molecule has 0 aliphatic rings. The van der Waals surface area contributed by atoms with E-state index in [1.54, 1.807) is 29.0 Å². The van der Waals surface area contributed by atoms with Gasteiger partial charge in [0.1, 0.15) is 17.3 Å². The molecule has 10 heteroatoms. The lowest BCUT2D eigenvalue weighted by Crippen LogP contribution is -2.14. The van der Waals surface area contributed by atoms with Crippen molar-refractivity contribution >= 4 is 29.2 Å². The van der Waals surface area contributed by atoms with Crippen molar-refractivity contribution in [1.29, 1.82) is 0 Å². The molecule has 0 aliphatic heterocycles. The number of carbonyl (C=O) groups is 1. The summed E-state index contributed by atoms with van der Waals surface area (Å²) >= 11 is 12.6. The van der Waals surface area contributed by atoms with Crippen molar-refractivity contribution < 1.29 is 27.8 Å². The predicted octanol–water partition coefficient (Wildman–Crippen LogP) is 11.9. The Morgan fingerprint density at radius 3 is 1.96 bits per heavy atom. The Kier molecular flexibility index (Phi) is 9.53. The lowest BCUT2D eigenvalue weighted by atomic mass is 9.87. The standard InChI is InChI=1S/C40H31Cl2F3N2O3/c1-39(2,3)27-10-16-31(17-11-27)50-30-14-8-26(9-15-30)25-6-4-24(5-7-25)20-37-46-36(32-18-12-28(41)21-35(32)42)23-47(37)29-13-19-34(40(43,44)45)33(22-29)38(48)49/h4-19,21-23H,20H2,1-3H3,(H,48,49). The van der Waals surface area contributed by atoms with Crippen molar-refractivity contribution in [2.75, 3.05) is 0 Å². The first-order valence-corrected chi connectivity index (χ1v) is 16.4. The Labute approximate surface area is 297 Å². The Balaban J connectivity index is 1.27. The van der Waals surface area contributed by atoms with Crippen molar-refractivity contribution in [1.82, 2.24) is 9.55 Å². The van der Waals surface area contributed by atoms with Crippen molar-refractivity contribution in [3.05, 3.63) is 154 Å². The van der Waals surface area contributed by atoms with E-state index < -0.39 is 23.3 Å². The van der Waals surface area contributed by atoms with Gasteiger partial charge in [0.25, 0.3) is 0 Å². The molecule has 1 heterocycles. The largest absolute Gasteiger partial charge is 0.478 e. The highest BCUT2D eigenvalue weighted by atomic mass is 35.5. The number of aromatic carboxylic acids is 1. The van der Waals surface area contributed by atoms with Crippen LogP contribution in [0.4, 0.5) is 13.2 Å². The SMILES string of the molecule is CC(C)(C)c1ccc(Oc2ccc(-c3ccc(Cc4nc(-c5ccc(Cl)cc5Cl)cn4-c4ccc(C(F)(F)F)c(C(=O)O)c4)cc3)cc2)cc1. The van der Waals surface area contributed by atoms with E-state index in [4.69, 9.17) is 32.9 Å². The average Bonchev–Trinajstić information content (AvgIpc) is 3.48. The van der Waals surface area contributed by atoms with Crippen LogP contribution >= 0.6 is 23.2 Å². The highest BCUT2D eigenvalue weighted by molar-refractivity contribution is 6.36. The van der Waals surface area contributed by atoms with Crippen LogP contribution in [0, 0.1) is 0 Å². The number of imidazole rings is 1. The number of carboxylic acid groups (broad SMARTS) is 1. The van der Waals surface area contributed by atoms with E-state index in [9.17, 15) is 23.1 Å². The van der Waals surface area contributed by atoms with E-state index in [1.165, 1.54) is 11.6 Å². The summed E-state index contributed by atoms with van der Waals surface area (Å²) in [5, 5.41) is 10.4.